The number of anilines is 1. The Labute approximate surface area is 68.9 Å². The van der Waals surface area contributed by atoms with Gasteiger partial charge < -0.3 is 15.0 Å². The molecule has 0 radical (unpaired) electrons. The maximum absolute atomic E-state index is 5.75. The molecule has 1 heterocycles. The van der Waals surface area contributed by atoms with Crippen molar-refractivity contribution in [1.82, 2.24) is 5.16 Å². The van der Waals surface area contributed by atoms with E-state index in [1.54, 1.807) is 25.4 Å². The molecule has 0 aliphatic carbocycles. The summed E-state index contributed by atoms with van der Waals surface area (Å²) in [5.41, 5.74) is 6.99. The predicted octanol–water partition coefficient (Wildman–Crippen LogP) is 1.42. The lowest BCUT2D eigenvalue weighted by Crippen LogP contribution is -1.91. The van der Waals surface area contributed by atoms with E-state index in [0.717, 1.165) is 5.39 Å². The number of benzene rings is 1. The fourth-order valence-electron chi connectivity index (χ4n) is 1.12. The third-order valence-electron chi connectivity index (χ3n) is 1.76. The second-order valence-corrected chi connectivity index (χ2v) is 2.42. The molecule has 0 unspecified atom stereocenters. The topological polar surface area (TPSA) is 61.3 Å². The van der Waals surface area contributed by atoms with Crippen LogP contribution in [0.1, 0.15) is 0 Å². The van der Waals surface area contributed by atoms with E-state index in [-0.39, 0.29) is 0 Å². The summed E-state index contributed by atoms with van der Waals surface area (Å²) in [6.07, 6.45) is 1.58. The number of rotatable bonds is 1. The van der Waals surface area contributed by atoms with Crippen LogP contribution in [-0.4, -0.2) is 12.3 Å². The van der Waals surface area contributed by atoms with Crippen LogP contribution in [0, 0.1) is 0 Å². The van der Waals surface area contributed by atoms with Crippen LogP contribution in [0.5, 0.6) is 5.75 Å². The van der Waals surface area contributed by atoms with E-state index in [4.69, 9.17) is 15.0 Å². The molecule has 62 valence electrons. The van der Waals surface area contributed by atoms with Gasteiger partial charge in [0.05, 0.1) is 24.4 Å². The van der Waals surface area contributed by atoms with E-state index in [9.17, 15) is 0 Å². The molecule has 4 nitrogen and oxygen atoms in total. The molecule has 1 aromatic heterocycles. The molecular weight excluding hydrogens is 156 g/mol. The van der Waals surface area contributed by atoms with Crippen LogP contribution < -0.4 is 10.5 Å². The van der Waals surface area contributed by atoms with Crippen LogP contribution in [0.2, 0.25) is 0 Å². The fourth-order valence-corrected chi connectivity index (χ4v) is 1.12. The van der Waals surface area contributed by atoms with Gasteiger partial charge in [0, 0.05) is 0 Å². The number of fused-ring (bicyclic) bond motifs is 1. The maximum Gasteiger partial charge on any atom is 0.169 e. The van der Waals surface area contributed by atoms with E-state index in [1.165, 1.54) is 0 Å². The average Bonchev–Trinajstić information content (AvgIpc) is 2.53. The zero-order valence-electron chi connectivity index (χ0n) is 6.57. The first-order valence-corrected chi connectivity index (χ1v) is 3.50. The van der Waals surface area contributed by atoms with Crippen LogP contribution in [0.15, 0.2) is 22.9 Å². The van der Waals surface area contributed by atoms with Gasteiger partial charge in [-0.25, -0.2) is 0 Å². The number of aromatic nitrogens is 1. The fraction of sp³-hybridized carbons (Fsp3) is 0.125. The molecular formula is C8H8N2O2. The largest absolute Gasteiger partial charge is 0.495 e. The second kappa shape index (κ2) is 2.41. The summed E-state index contributed by atoms with van der Waals surface area (Å²) < 4.78 is 9.94. The number of nitrogens with zero attached hydrogens (tertiary/aromatic N) is 1. The van der Waals surface area contributed by atoms with Gasteiger partial charge in [-0.2, -0.15) is 0 Å². The molecule has 0 saturated heterocycles. The number of hydrogen-bond donors (Lipinski definition) is 1. The first-order chi connectivity index (χ1) is 5.83. The zero-order chi connectivity index (χ0) is 8.55. The molecule has 0 bridgehead atoms. The first kappa shape index (κ1) is 6.97. The highest BCUT2D eigenvalue weighted by Gasteiger charge is 2.06. The minimum atomic E-state index is 0.566. The molecule has 2 rings (SSSR count). The van der Waals surface area contributed by atoms with E-state index in [0.29, 0.717) is 17.0 Å². The molecule has 0 saturated carbocycles. The minimum Gasteiger partial charge on any atom is -0.495 e. The Morgan fingerprint density at radius 2 is 2.33 bits per heavy atom. The number of nitrogen functional groups attached to an aromatic ring is 1. The molecule has 0 fully saturated rings. The van der Waals surface area contributed by atoms with Crippen LogP contribution in [0.25, 0.3) is 11.0 Å². The summed E-state index contributed by atoms with van der Waals surface area (Å²) in [7, 11) is 1.57. The summed E-state index contributed by atoms with van der Waals surface area (Å²) >= 11 is 0. The Hall–Kier alpha value is -1.71. The van der Waals surface area contributed by atoms with Gasteiger partial charge in [0.25, 0.3) is 0 Å². The van der Waals surface area contributed by atoms with E-state index >= 15 is 0 Å². The van der Waals surface area contributed by atoms with Crippen molar-refractivity contribution >= 4 is 16.7 Å². The van der Waals surface area contributed by atoms with Crippen molar-refractivity contribution in [2.24, 2.45) is 0 Å². The van der Waals surface area contributed by atoms with Gasteiger partial charge in [-0.1, -0.05) is 5.16 Å². The van der Waals surface area contributed by atoms with Crippen molar-refractivity contribution < 1.29 is 9.26 Å². The third-order valence-corrected chi connectivity index (χ3v) is 1.76. The predicted molar refractivity (Wildman–Crippen MR) is 45.0 cm³/mol. The van der Waals surface area contributed by atoms with E-state index in [1.807, 2.05) is 0 Å². The van der Waals surface area contributed by atoms with Crippen molar-refractivity contribution in [3.8, 4) is 5.75 Å². The summed E-state index contributed by atoms with van der Waals surface area (Å²) in [5.74, 6) is 0.644. The monoisotopic (exact) mass is 164 g/mol. The Morgan fingerprint density at radius 3 is 3.08 bits per heavy atom. The summed E-state index contributed by atoms with van der Waals surface area (Å²) in [6, 6.07) is 3.53. The molecule has 0 aliphatic rings. The van der Waals surface area contributed by atoms with Gasteiger partial charge in [-0.3, -0.25) is 0 Å². The third kappa shape index (κ3) is 0.812. The van der Waals surface area contributed by atoms with Crippen LogP contribution in [0.3, 0.4) is 0 Å². The molecule has 0 atom stereocenters. The second-order valence-electron chi connectivity index (χ2n) is 2.42. The lowest BCUT2D eigenvalue weighted by atomic mass is 10.2. The maximum atomic E-state index is 5.75. The van der Waals surface area contributed by atoms with Gasteiger partial charge in [0.1, 0.15) is 5.75 Å². The smallest absolute Gasteiger partial charge is 0.169 e. The molecule has 2 N–H and O–H groups in total. The summed E-state index contributed by atoms with van der Waals surface area (Å²) in [5, 5.41) is 4.41. The van der Waals surface area contributed by atoms with Crippen molar-refractivity contribution in [3.63, 3.8) is 0 Å². The van der Waals surface area contributed by atoms with Crippen molar-refractivity contribution in [3.05, 3.63) is 18.3 Å². The van der Waals surface area contributed by atoms with Gasteiger partial charge in [0.15, 0.2) is 5.58 Å². The lowest BCUT2D eigenvalue weighted by molar-refractivity contribution is 0.417. The van der Waals surface area contributed by atoms with Crippen molar-refractivity contribution in [2.45, 2.75) is 0 Å². The SMILES string of the molecule is COc1ccc2oncc2c1N. The first-order valence-electron chi connectivity index (χ1n) is 3.50. The zero-order valence-corrected chi connectivity index (χ0v) is 6.57. The van der Waals surface area contributed by atoms with Crippen molar-refractivity contribution in [1.29, 1.82) is 0 Å². The standard InChI is InChI=1S/C8H8N2O2/c1-11-7-3-2-6-5(8(7)9)4-10-12-6/h2-4H,9H2,1H3. The quantitative estimate of drug-likeness (QED) is 0.647. The number of ether oxygens (including phenoxy) is 1. The molecule has 12 heavy (non-hydrogen) atoms. The Morgan fingerprint density at radius 1 is 1.50 bits per heavy atom. The van der Waals surface area contributed by atoms with Gasteiger partial charge in [-0.05, 0) is 12.1 Å². The minimum absolute atomic E-state index is 0.566. The highest BCUT2D eigenvalue weighted by molar-refractivity contribution is 5.91. The van der Waals surface area contributed by atoms with Crippen LogP contribution in [-0.2, 0) is 0 Å². The molecule has 4 heteroatoms. The molecule has 1 aromatic carbocycles. The molecule has 0 amide bonds. The summed E-state index contributed by atoms with van der Waals surface area (Å²) in [4.78, 5) is 0. The average molecular weight is 164 g/mol. The highest BCUT2D eigenvalue weighted by Crippen LogP contribution is 2.29. The molecule has 0 aliphatic heterocycles. The Bertz CT molecular complexity index is 408. The molecule has 0 spiro atoms. The Kier molecular flexibility index (Phi) is 1.40. The Balaban J connectivity index is 2.78. The number of hydrogen-bond acceptors (Lipinski definition) is 4. The molecule has 2 aromatic rings. The highest BCUT2D eigenvalue weighted by atomic mass is 16.5. The van der Waals surface area contributed by atoms with Crippen LogP contribution >= 0.6 is 0 Å². The van der Waals surface area contributed by atoms with Gasteiger partial charge in [-0.15, -0.1) is 0 Å². The van der Waals surface area contributed by atoms with Crippen LogP contribution in [0.4, 0.5) is 5.69 Å². The normalized spacial score (nSPS) is 10.4. The number of nitrogens with two attached hydrogens (primary N) is 1. The summed E-state index contributed by atoms with van der Waals surface area (Å²) in [6.45, 7) is 0. The van der Waals surface area contributed by atoms with Gasteiger partial charge in [0.2, 0.25) is 0 Å². The van der Waals surface area contributed by atoms with Gasteiger partial charge >= 0.3 is 0 Å². The van der Waals surface area contributed by atoms with E-state index < -0.39 is 0 Å². The van der Waals surface area contributed by atoms with E-state index in [2.05, 4.69) is 5.16 Å². The number of methoxy groups -OCH3 is 1. The van der Waals surface area contributed by atoms with Crippen molar-refractivity contribution in [2.75, 3.05) is 12.8 Å². The lowest BCUT2D eigenvalue weighted by Gasteiger charge is -2.02.